The minimum Gasteiger partial charge on any atom is -0.463 e. The van der Waals surface area contributed by atoms with Crippen LogP contribution in [0.4, 0.5) is 0 Å². The van der Waals surface area contributed by atoms with Crippen LogP contribution in [0.5, 0.6) is 0 Å². The predicted molar refractivity (Wildman–Crippen MR) is 139 cm³/mol. The van der Waals surface area contributed by atoms with E-state index in [-0.39, 0.29) is 13.1 Å². The van der Waals surface area contributed by atoms with E-state index in [9.17, 15) is 19.2 Å². The maximum Gasteiger partial charge on any atom is 0.344 e. The van der Waals surface area contributed by atoms with Crippen LogP contribution in [0.3, 0.4) is 0 Å². The molecule has 1 rings (SSSR count). The smallest absolute Gasteiger partial charge is 0.344 e. The van der Waals surface area contributed by atoms with E-state index >= 15 is 0 Å². The number of rotatable bonds is 14. The van der Waals surface area contributed by atoms with Crippen LogP contribution in [-0.4, -0.2) is 139 Å². The number of hydrogen-bond acceptors (Lipinski definition) is 13. The highest BCUT2D eigenvalue weighted by Crippen LogP contribution is 1.98. The Kier molecular flexibility index (Phi) is 21.0. The molecule has 0 N–H and O–H groups in total. The summed E-state index contributed by atoms with van der Waals surface area (Å²) in [5, 5.41) is 0. The number of hydrogen-bond donors (Lipinski definition) is 0. The van der Waals surface area contributed by atoms with Crippen LogP contribution in [0.25, 0.3) is 0 Å². The molecule has 0 aliphatic carbocycles. The number of carbonyl (C=O) groups is 4. The molecule has 1 saturated heterocycles. The number of esters is 4. The Morgan fingerprint density at radius 2 is 0.897 bits per heavy atom. The molecule has 0 saturated carbocycles. The number of carbonyl (C=O) groups excluding carboxylic acids is 4. The summed E-state index contributed by atoms with van der Waals surface area (Å²) in [6.07, 6.45) is 3.33. The summed E-state index contributed by atoms with van der Waals surface area (Å²) in [4.78, 5) is 51.4. The third-order valence-corrected chi connectivity index (χ3v) is 5.51. The molecule has 0 bridgehead atoms. The third-order valence-electron chi connectivity index (χ3n) is 5.51. The fraction of sp³-hybridized carbons (Fsp3) is 0.846. The van der Waals surface area contributed by atoms with Gasteiger partial charge >= 0.3 is 23.9 Å². The predicted octanol–water partition coefficient (Wildman–Crippen LogP) is 0.427. The van der Waals surface area contributed by atoms with E-state index in [0.29, 0.717) is 79.0 Å². The lowest BCUT2D eigenvalue weighted by Crippen LogP contribution is -2.38. The van der Waals surface area contributed by atoms with Gasteiger partial charge in [-0.05, 0) is 12.8 Å². The molecule has 0 aromatic carbocycles. The summed E-state index contributed by atoms with van der Waals surface area (Å²) >= 11 is 0. The first-order valence-corrected chi connectivity index (χ1v) is 13.7. The largest absolute Gasteiger partial charge is 0.463 e. The van der Waals surface area contributed by atoms with Crippen molar-refractivity contribution in [2.75, 3.05) is 105 Å². The van der Waals surface area contributed by atoms with Crippen molar-refractivity contribution in [2.24, 2.45) is 0 Å². The van der Waals surface area contributed by atoms with Crippen molar-refractivity contribution in [1.82, 2.24) is 9.80 Å². The van der Waals surface area contributed by atoms with E-state index in [1.807, 2.05) is 23.6 Å². The molecule has 0 aromatic heterocycles. The molecule has 0 atom stereocenters. The van der Waals surface area contributed by atoms with Gasteiger partial charge in [0, 0.05) is 26.2 Å². The zero-order valence-electron chi connectivity index (χ0n) is 23.5. The molecule has 0 amide bonds. The lowest BCUT2D eigenvalue weighted by atomic mass is 10.4. The number of nitrogens with zero attached hydrogens (tertiary/aromatic N) is 2. The molecule has 1 heterocycles. The molecule has 0 spiro atoms. The third kappa shape index (κ3) is 20.3. The summed E-state index contributed by atoms with van der Waals surface area (Å²) < 4.78 is 37.0. The summed E-state index contributed by atoms with van der Waals surface area (Å²) in [5.74, 6) is -2.22. The lowest BCUT2D eigenvalue weighted by Gasteiger charge is -2.22. The quantitative estimate of drug-likeness (QED) is 0.164. The van der Waals surface area contributed by atoms with Gasteiger partial charge in [0.15, 0.2) is 13.2 Å². The van der Waals surface area contributed by atoms with Crippen LogP contribution in [0, 0.1) is 0 Å². The fourth-order valence-corrected chi connectivity index (χ4v) is 3.22. The van der Waals surface area contributed by atoms with Gasteiger partial charge in [0.2, 0.25) is 0 Å². The summed E-state index contributed by atoms with van der Waals surface area (Å²) in [6.45, 7) is 7.73. The van der Waals surface area contributed by atoms with E-state index in [0.717, 1.165) is 25.7 Å². The van der Waals surface area contributed by atoms with Crippen molar-refractivity contribution < 1.29 is 52.3 Å². The minimum atomic E-state index is -0.569. The Labute approximate surface area is 231 Å². The van der Waals surface area contributed by atoms with Gasteiger partial charge in [-0.3, -0.25) is 19.4 Å². The molecular weight excluding hydrogens is 516 g/mol. The van der Waals surface area contributed by atoms with E-state index in [1.54, 1.807) is 0 Å². The second-order valence-corrected chi connectivity index (χ2v) is 8.86. The van der Waals surface area contributed by atoms with Crippen LogP contribution in [0.2, 0.25) is 0 Å². The molecule has 0 unspecified atom stereocenters. The monoisotopic (exact) mass is 562 g/mol. The molecule has 0 radical (unpaired) electrons. The summed E-state index contributed by atoms with van der Waals surface area (Å²) in [5.41, 5.74) is 0. The number of unbranched alkanes of at least 4 members (excludes halogenated alkanes) is 2. The van der Waals surface area contributed by atoms with Crippen molar-refractivity contribution in [1.29, 1.82) is 0 Å². The molecular formula is C26H46N2O11. The standard InChI is InChI=1S/C26H46N2O11/c1-3-5-11-36-25(31)21-38-23(29)19-27-7-13-33-14-8-28(10-16-35-18-17-34-15-9-27)20-24(30)39-22-26(32)37-12-6-4-2/h3-22H2,1-2H3. The van der Waals surface area contributed by atoms with Gasteiger partial charge in [0.1, 0.15) is 0 Å². The van der Waals surface area contributed by atoms with Crippen LogP contribution < -0.4 is 0 Å². The lowest BCUT2D eigenvalue weighted by molar-refractivity contribution is -0.159. The second-order valence-electron chi connectivity index (χ2n) is 8.86. The Morgan fingerprint density at radius 1 is 0.538 bits per heavy atom. The maximum atomic E-state index is 12.2. The van der Waals surface area contributed by atoms with Gasteiger partial charge < -0.3 is 33.2 Å². The SMILES string of the molecule is CCCCOC(=O)COC(=O)CN1CCOCCOCCN(CC(=O)OCC(=O)OCCCC)CCOCC1. The minimum absolute atomic E-state index is 0.0235. The second kappa shape index (κ2) is 23.6. The summed E-state index contributed by atoms with van der Waals surface area (Å²) in [6, 6.07) is 0. The van der Waals surface area contributed by atoms with E-state index in [2.05, 4.69) is 0 Å². The molecule has 39 heavy (non-hydrogen) atoms. The average molecular weight is 563 g/mol. The molecule has 1 fully saturated rings. The van der Waals surface area contributed by atoms with Gasteiger partial charge in [-0.15, -0.1) is 0 Å². The molecule has 1 aliphatic heterocycles. The molecule has 13 nitrogen and oxygen atoms in total. The molecule has 226 valence electrons. The highest BCUT2D eigenvalue weighted by Gasteiger charge is 2.16. The first kappa shape index (κ1) is 34.7. The normalized spacial score (nSPS) is 16.9. The zero-order chi connectivity index (χ0) is 28.6. The van der Waals surface area contributed by atoms with Gasteiger partial charge in [0.25, 0.3) is 0 Å². The Bertz CT molecular complexity index is 637. The Balaban J connectivity index is 2.43. The van der Waals surface area contributed by atoms with Crippen molar-refractivity contribution in [3.05, 3.63) is 0 Å². The maximum absolute atomic E-state index is 12.2. The Hall–Kier alpha value is -2.32. The van der Waals surface area contributed by atoms with Crippen LogP contribution >= 0.6 is 0 Å². The van der Waals surface area contributed by atoms with E-state index < -0.39 is 37.1 Å². The Morgan fingerprint density at radius 3 is 1.26 bits per heavy atom. The van der Waals surface area contributed by atoms with Gasteiger partial charge in [0.05, 0.1) is 65.9 Å². The van der Waals surface area contributed by atoms with Crippen molar-refractivity contribution in [3.8, 4) is 0 Å². The van der Waals surface area contributed by atoms with Crippen molar-refractivity contribution in [2.45, 2.75) is 39.5 Å². The fourth-order valence-electron chi connectivity index (χ4n) is 3.22. The van der Waals surface area contributed by atoms with Crippen molar-refractivity contribution >= 4 is 23.9 Å². The molecule has 0 aromatic rings. The molecule has 1 aliphatic rings. The van der Waals surface area contributed by atoms with E-state index in [4.69, 9.17) is 33.2 Å². The van der Waals surface area contributed by atoms with Crippen LogP contribution in [-0.2, 0) is 52.3 Å². The molecule has 13 heteroatoms. The first-order valence-electron chi connectivity index (χ1n) is 13.7. The van der Waals surface area contributed by atoms with E-state index in [1.165, 1.54) is 0 Å². The summed E-state index contributed by atoms with van der Waals surface area (Å²) in [7, 11) is 0. The highest BCUT2D eigenvalue weighted by atomic mass is 16.6. The van der Waals surface area contributed by atoms with Crippen LogP contribution in [0.1, 0.15) is 39.5 Å². The zero-order valence-corrected chi connectivity index (χ0v) is 23.5. The van der Waals surface area contributed by atoms with Crippen molar-refractivity contribution in [3.63, 3.8) is 0 Å². The first-order chi connectivity index (χ1) is 18.9. The topological polar surface area (TPSA) is 139 Å². The number of ether oxygens (including phenoxy) is 7. The van der Waals surface area contributed by atoms with Gasteiger partial charge in [-0.1, -0.05) is 26.7 Å². The highest BCUT2D eigenvalue weighted by molar-refractivity contribution is 5.78. The van der Waals surface area contributed by atoms with Gasteiger partial charge in [-0.2, -0.15) is 0 Å². The van der Waals surface area contributed by atoms with Gasteiger partial charge in [-0.25, -0.2) is 9.59 Å². The van der Waals surface area contributed by atoms with Crippen LogP contribution in [0.15, 0.2) is 0 Å². The average Bonchev–Trinajstić information content (AvgIpc) is 2.92.